The highest BCUT2D eigenvalue weighted by Crippen LogP contribution is 2.37. The zero-order valence-electron chi connectivity index (χ0n) is 10.9. The van der Waals surface area contributed by atoms with Crippen molar-refractivity contribution in [3.8, 4) is 0 Å². The van der Waals surface area contributed by atoms with Gasteiger partial charge in [-0.15, -0.1) is 0 Å². The minimum absolute atomic E-state index is 0.406. The van der Waals surface area contributed by atoms with Crippen LogP contribution in [-0.2, 0) is 0 Å². The highest BCUT2D eigenvalue weighted by Gasteiger charge is 2.36. The molecule has 0 aliphatic heterocycles. The first-order valence-electron chi connectivity index (χ1n) is 6.98. The van der Waals surface area contributed by atoms with Gasteiger partial charge < -0.3 is 10.4 Å². The van der Waals surface area contributed by atoms with Gasteiger partial charge in [0.2, 0.25) is 0 Å². The molecule has 2 N–H and O–H groups in total. The van der Waals surface area contributed by atoms with Gasteiger partial charge in [0.25, 0.3) is 0 Å². The lowest BCUT2D eigenvalue weighted by atomic mass is 9.83. The molecule has 2 aliphatic rings. The van der Waals surface area contributed by atoms with Crippen molar-refractivity contribution in [3.05, 3.63) is 0 Å². The standard InChI is InChI=1S/C14H27NO/c1-13(2)8-6-7-12(13)15-11-14(16)9-4-3-5-10-14/h12,15-16H,3-11H2,1-2H3. The zero-order chi connectivity index (χ0) is 11.6. The summed E-state index contributed by atoms with van der Waals surface area (Å²) in [5.41, 5.74) is 0.0158. The van der Waals surface area contributed by atoms with Gasteiger partial charge >= 0.3 is 0 Å². The molecule has 2 fully saturated rings. The van der Waals surface area contributed by atoms with Gasteiger partial charge in [-0.3, -0.25) is 0 Å². The maximum absolute atomic E-state index is 10.4. The molecule has 2 rings (SSSR count). The Bertz CT molecular complexity index is 231. The van der Waals surface area contributed by atoms with Crippen LogP contribution in [0.2, 0.25) is 0 Å². The van der Waals surface area contributed by atoms with Crippen molar-refractivity contribution in [3.63, 3.8) is 0 Å². The fraction of sp³-hybridized carbons (Fsp3) is 1.00. The molecule has 94 valence electrons. The van der Waals surface area contributed by atoms with E-state index in [0.29, 0.717) is 11.5 Å². The molecule has 1 unspecified atom stereocenters. The molecule has 0 aromatic carbocycles. The van der Waals surface area contributed by atoms with Gasteiger partial charge in [-0.05, 0) is 31.1 Å². The lowest BCUT2D eigenvalue weighted by molar-refractivity contribution is 0.0000658. The molecule has 0 bridgehead atoms. The van der Waals surface area contributed by atoms with E-state index in [1.54, 1.807) is 0 Å². The molecule has 0 radical (unpaired) electrons. The monoisotopic (exact) mass is 225 g/mol. The van der Waals surface area contributed by atoms with Gasteiger partial charge in [0.1, 0.15) is 0 Å². The highest BCUT2D eigenvalue weighted by molar-refractivity contribution is 4.93. The van der Waals surface area contributed by atoms with Gasteiger partial charge in [-0.1, -0.05) is 39.5 Å². The minimum Gasteiger partial charge on any atom is -0.389 e. The first-order chi connectivity index (χ1) is 7.52. The van der Waals surface area contributed by atoms with Crippen LogP contribution in [0.25, 0.3) is 0 Å². The summed E-state index contributed by atoms with van der Waals surface area (Å²) in [4.78, 5) is 0. The highest BCUT2D eigenvalue weighted by atomic mass is 16.3. The van der Waals surface area contributed by atoms with E-state index >= 15 is 0 Å². The van der Waals surface area contributed by atoms with Gasteiger partial charge in [-0.2, -0.15) is 0 Å². The van der Waals surface area contributed by atoms with Crippen LogP contribution in [0.4, 0.5) is 0 Å². The van der Waals surface area contributed by atoms with Crippen LogP contribution in [0.15, 0.2) is 0 Å². The molecule has 0 aromatic rings. The van der Waals surface area contributed by atoms with Crippen molar-refractivity contribution >= 4 is 0 Å². The van der Waals surface area contributed by atoms with Gasteiger partial charge in [0, 0.05) is 12.6 Å². The smallest absolute Gasteiger partial charge is 0.0771 e. The van der Waals surface area contributed by atoms with Crippen molar-refractivity contribution in [2.75, 3.05) is 6.54 Å². The molecule has 2 aliphatic carbocycles. The molecule has 0 saturated heterocycles. The van der Waals surface area contributed by atoms with Crippen LogP contribution in [-0.4, -0.2) is 23.3 Å². The SMILES string of the molecule is CC1(C)CCCC1NCC1(O)CCCCC1. The maximum Gasteiger partial charge on any atom is 0.0771 e. The third kappa shape index (κ3) is 2.78. The van der Waals surface area contributed by atoms with E-state index in [1.807, 2.05) is 0 Å². The molecule has 16 heavy (non-hydrogen) atoms. The zero-order valence-corrected chi connectivity index (χ0v) is 10.9. The summed E-state index contributed by atoms with van der Waals surface area (Å²) in [6.07, 6.45) is 9.63. The lowest BCUT2D eigenvalue weighted by Crippen LogP contribution is -2.48. The van der Waals surface area contributed by atoms with Crippen molar-refractivity contribution in [1.82, 2.24) is 5.32 Å². The molecular formula is C14H27NO. The van der Waals surface area contributed by atoms with Crippen LogP contribution < -0.4 is 5.32 Å². The molecular weight excluding hydrogens is 198 g/mol. The van der Waals surface area contributed by atoms with E-state index in [1.165, 1.54) is 38.5 Å². The quantitative estimate of drug-likeness (QED) is 0.774. The number of hydrogen-bond acceptors (Lipinski definition) is 2. The molecule has 1 atom stereocenters. The summed E-state index contributed by atoms with van der Waals surface area (Å²) >= 11 is 0. The summed E-state index contributed by atoms with van der Waals surface area (Å²) in [5, 5.41) is 14.1. The van der Waals surface area contributed by atoms with E-state index in [4.69, 9.17) is 0 Å². The molecule has 0 aromatic heterocycles. The van der Waals surface area contributed by atoms with Crippen molar-refractivity contribution in [1.29, 1.82) is 0 Å². The molecule has 2 saturated carbocycles. The molecule has 0 amide bonds. The number of aliphatic hydroxyl groups is 1. The van der Waals surface area contributed by atoms with Crippen LogP contribution >= 0.6 is 0 Å². The van der Waals surface area contributed by atoms with E-state index in [0.717, 1.165) is 19.4 Å². The predicted molar refractivity (Wildman–Crippen MR) is 67.5 cm³/mol. The maximum atomic E-state index is 10.4. The third-order valence-corrected chi connectivity index (χ3v) is 4.72. The Kier molecular flexibility index (Phi) is 3.60. The fourth-order valence-electron chi connectivity index (χ4n) is 3.40. The second-order valence-corrected chi connectivity index (χ2v) is 6.60. The Balaban J connectivity index is 1.82. The summed E-state index contributed by atoms with van der Waals surface area (Å²) < 4.78 is 0. The summed E-state index contributed by atoms with van der Waals surface area (Å²) in [5.74, 6) is 0. The first kappa shape index (κ1) is 12.4. The second kappa shape index (κ2) is 4.66. The van der Waals surface area contributed by atoms with Crippen LogP contribution in [0.3, 0.4) is 0 Å². The number of hydrogen-bond donors (Lipinski definition) is 2. The van der Waals surface area contributed by atoms with Gasteiger partial charge in [-0.25, -0.2) is 0 Å². The van der Waals surface area contributed by atoms with E-state index in [2.05, 4.69) is 19.2 Å². The van der Waals surface area contributed by atoms with Crippen LogP contribution in [0.5, 0.6) is 0 Å². The normalized spacial score (nSPS) is 32.8. The summed E-state index contributed by atoms with van der Waals surface area (Å²) in [7, 11) is 0. The Labute approximate surface area is 99.8 Å². The van der Waals surface area contributed by atoms with E-state index in [-0.39, 0.29) is 0 Å². The average molecular weight is 225 g/mol. The van der Waals surface area contributed by atoms with Gasteiger partial charge in [0.15, 0.2) is 0 Å². The average Bonchev–Trinajstić information content (AvgIpc) is 2.56. The van der Waals surface area contributed by atoms with Crippen LogP contribution in [0, 0.1) is 5.41 Å². The largest absolute Gasteiger partial charge is 0.389 e. The van der Waals surface area contributed by atoms with E-state index in [9.17, 15) is 5.11 Å². The number of nitrogens with one attached hydrogen (secondary N) is 1. The predicted octanol–water partition coefficient (Wildman–Crippen LogP) is 2.85. The Morgan fingerprint density at radius 3 is 2.31 bits per heavy atom. The summed E-state index contributed by atoms with van der Waals surface area (Å²) in [6.45, 7) is 5.51. The molecule has 2 heteroatoms. The number of rotatable bonds is 3. The lowest BCUT2D eigenvalue weighted by Gasteiger charge is -2.36. The Hall–Kier alpha value is -0.0800. The topological polar surface area (TPSA) is 32.3 Å². The Morgan fingerprint density at radius 1 is 1.06 bits per heavy atom. The summed E-state index contributed by atoms with van der Waals surface area (Å²) in [6, 6.07) is 0.610. The molecule has 0 spiro atoms. The third-order valence-electron chi connectivity index (χ3n) is 4.72. The van der Waals surface area contributed by atoms with Crippen molar-refractivity contribution in [2.45, 2.75) is 76.9 Å². The van der Waals surface area contributed by atoms with Gasteiger partial charge in [0.05, 0.1) is 5.60 Å². The molecule has 2 nitrogen and oxygen atoms in total. The fourth-order valence-corrected chi connectivity index (χ4v) is 3.40. The first-order valence-corrected chi connectivity index (χ1v) is 6.98. The molecule has 0 heterocycles. The minimum atomic E-state index is -0.406. The van der Waals surface area contributed by atoms with Crippen molar-refractivity contribution < 1.29 is 5.11 Å². The van der Waals surface area contributed by atoms with Crippen molar-refractivity contribution in [2.24, 2.45) is 5.41 Å². The van der Waals surface area contributed by atoms with E-state index < -0.39 is 5.60 Å². The second-order valence-electron chi connectivity index (χ2n) is 6.60. The Morgan fingerprint density at radius 2 is 1.75 bits per heavy atom. The van der Waals surface area contributed by atoms with Crippen LogP contribution in [0.1, 0.15) is 65.2 Å².